The van der Waals surface area contributed by atoms with Gasteiger partial charge >= 0.3 is 0 Å². The second-order valence-electron chi connectivity index (χ2n) is 5.71. The maximum atomic E-state index is 12.1. The number of hydrogen-bond acceptors (Lipinski definition) is 4. The van der Waals surface area contributed by atoms with Crippen LogP contribution in [0.3, 0.4) is 0 Å². The molecule has 1 heterocycles. The number of aliphatic hydroxyl groups is 1. The molecule has 5 heteroatoms. The van der Waals surface area contributed by atoms with Gasteiger partial charge in [0.05, 0.1) is 22.8 Å². The molecule has 110 valence electrons. The number of fused-ring (bicyclic) bond motifs is 1. The van der Waals surface area contributed by atoms with Gasteiger partial charge in [-0.25, -0.2) is 4.98 Å². The van der Waals surface area contributed by atoms with Crippen LogP contribution >= 0.6 is 0 Å². The van der Waals surface area contributed by atoms with Crippen molar-refractivity contribution in [2.75, 3.05) is 6.54 Å². The number of carbonyl (C=O) groups is 1. The Morgan fingerprint density at radius 3 is 2.67 bits per heavy atom. The number of carbonyl (C=O) groups excluding carboxylic acids is 1. The number of benzene rings is 1. The average molecular weight is 285 g/mol. The fourth-order valence-corrected chi connectivity index (χ4v) is 2.79. The normalized spacial score (nSPS) is 17.6. The van der Waals surface area contributed by atoms with Crippen molar-refractivity contribution in [3.63, 3.8) is 0 Å². The van der Waals surface area contributed by atoms with E-state index in [0.29, 0.717) is 5.52 Å². The summed E-state index contributed by atoms with van der Waals surface area (Å²) in [5.41, 5.74) is 0.979. The number of nitrogens with zero attached hydrogens (tertiary/aromatic N) is 2. The summed E-state index contributed by atoms with van der Waals surface area (Å²) in [5.74, 6) is -0.285. The Morgan fingerprint density at radius 2 is 1.90 bits per heavy atom. The van der Waals surface area contributed by atoms with Gasteiger partial charge in [-0.3, -0.25) is 9.78 Å². The second-order valence-corrected chi connectivity index (χ2v) is 5.71. The molecule has 2 N–H and O–H groups in total. The van der Waals surface area contributed by atoms with Crippen molar-refractivity contribution >= 4 is 16.9 Å². The molecule has 1 aliphatic rings. The lowest BCUT2D eigenvalue weighted by molar-refractivity contribution is 0.00521. The third-order valence-corrected chi connectivity index (χ3v) is 4.04. The van der Waals surface area contributed by atoms with Gasteiger partial charge in [0, 0.05) is 6.54 Å². The summed E-state index contributed by atoms with van der Waals surface area (Å²) in [5, 5.41) is 13.2. The van der Waals surface area contributed by atoms with Crippen LogP contribution in [0.25, 0.3) is 11.0 Å². The summed E-state index contributed by atoms with van der Waals surface area (Å²) in [6, 6.07) is 7.43. The molecule has 0 atom stereocenters. The molecule has 0 unspecified atom stereocenters. The standard InChI is InChI=1S/C16H19N3O2/c20-15(18-11-16(21)8-4-1-5-9-16)14-10-17-12-6-2-3-7-13(12)19-14/h2-3,6-7,10,21H,1,4-5,8-9,11H2,(H,18,20). The van der Waals surface area contributed by atoms with E-state index in [4.69, 9.17) is 0 Å². The van der Waals surface area contributed by atoms with Crippen molar-refractivity contribution in [1.82, 2.24) is 15.3 Å². The van der Waals surface area contributed by atoms with Crippen LogP contribution in [0.1, 0.15) is 42.6 Å². The van der Waals surface area contributed by atoms with Gasteiger partial charge in [-0.05, 0) is 25.0 Å². The summed E-state index contributed by atoms with van der Waals surface area (Å²) >= 11 is 0. The lowest BCUT2D eigenvalue weighted by Gasteiger charge is -2.32. The lowest BCUT2D eigenvalue weighted by atomic mass is 9.85. The quantitative estimate of drug-likeness (QED) is 0.905. The van der Waals surface area contributed by atoms with Gasteiger partial charge < -0.3 is 10.4 Å². The molecule has 1 aliphatic carbocycles. The van der Waals surface area contributed by atoms with E-state index in [9.17, 15) is 9.90 Å². The third kappa shape index (κ3) is 3.19. The summed E-state index contributed by atoms with van der Waals surface area (Å²) < 4.78 is 0. The van der Waals surface area contributed by atoms with Gasteiger partial charge in [-0.1, -0.05) is 31.4 Å². The van der Waals surface area contributed by atoms with Crippen LogP contribution in [-0.4, -0.2) is 33.1 Å². The zero-order valence-corrected chi connectivity index (χ0v) is 11.9. The highest BCUT2D eigenvalue weighted by Crippen LogP contribution is 2.27. The van der Waals surface area contributed by atoms with E-state index in [-0.39, 0.29) is 18.1 Å². The van der Waals surface area contributed by atoms with Gasteiger partial charge in [0.1, 0.15) is 5.69 Å². The molecule has 1 saturated carbocycles. The average Bonchev–Trinajstić information content (AvgIpc) is 2.53. The monoisotopic (exact) mass is 285 g/mol. The number of nitrogens with one attached hydrogen (secondary N) is 1. The number of amides is 1. The summed E-state index contributed by atoms with van der Waals surface area (Å²) in [4.78, 5) is 20.7. The van der Waals surface area contributed by atoms with Crippen LogP contribution in [0.4, 0.5) is 0 Å². The van der Waals surface area contributed by atoms with E-state index in [1.54, 1.807) is 0 Å². The number of rotatable bonds is 3. The molecule has 5 nitrogen and oxygen atoms in total. The lowest BCUT2D eigenvalue weighted by Crippen LogP contribution is -2.44. The van der Waals surface area contributed by atoms with Crippen molar-refractivity contribution in [3.05, 3.63) is 36.2 Å². The van der Waals surface area contributed by atoms with E-state index < -0.39 is 5.60 Å². The van der Waals surface area contributed by atoms with E-state index in [2.05, 4.69) is 15.3 Å². The third-order valence-electron chi connectivity index (χ3n) is 4.04. The molecule has 1 fully saturated rings. The molecule has 2 aromatic rings. The first-order valence-corrected chi connectivity index (χ1v) is 7.39. The molecule has 0 radical (unpaired) electrons. The fraction of sp³-hybridized carbons (Fsp3) is 0.438. The Hall–Kier alpha value is -2.01. The maximum absolute atomic E-state index is 12.1. The predicted molar refractivity (Wildman–Crippen MR) is 79.9 cm³/mol. The van der Waals surface area contributed by atoms with Gasteiger partial charge in [0.2, 0.25) is 0 Å². The topological polar surface area (TPSA) is 75.1 Å². The van der Waals surface area contributed by atoms with E-state index in [1.807, 2.05) is 24.3 Å². The zero-order chi connectivity index (χ0) is 14.7. The van der Waals surface area contributed by atoms with E-state index in [0.717, 1.165) is 37.6 Å². The van der Waals surface area contributed by atoms with Gasteiger partial charge in [-0.2, -0.15) is 0 Å². The van der Waals surface area contributed by atoms with Gasteiger partial charge in [0.15, 0.2) is 0 Å². The van der Waals surface area contributed by atoms with Crippen LogP contribution < -0.4 is 5.32 Å². The highest BCUT2D eigenvalue weighted by molar-refractivity contribution is 5.93. The molecule has 3 rings (SSSR count). The Bertz CT molecular complexity index is 651. The Kier molecular flexibility index (Phi) is 3.84. The largest absolute Gasteiger partial charge is 0.388 e. The van der Waals surface area contributed by atoms with Crippen LogP contribution in [0.2, 0.25) is 0 Å². The summed E-state index contributed by atoms with van der Waals surface area (Å²) in [7, 11) is 0. The van der Waals surface area contributed by atoms with E-state index >= 15 is 0 Å². The molecule has 0 saturated heterocycles. The van der Waals surface area contributed by atoms with E-state index in [1.165, 1.54) is 6.20 Å². The highest BCUT2D eigenvalue weighted by Gasteiger charge is 2.29. The van der Waals surface area contributed by atoms with Crippen molar-refractivity contribution in [3.8, 4) is 0 Å². The molecule has 0 aliphatic heterocycles. The molecule has 21 heavy (non-hydrogen) atoms. The zero-order valence-electron chi connectivity index (χ0n) is 11.9. The Morgan fingerprint density at radius 1 is 1.19 bits per heavy atom. The Balaban J connectivity index is 1.69. The smallest absolute Gasteiger partial charge is 0.271 e. The predicted octanol–water partition coefficient (Wildman–Crippen LogP) is 2.05. The minimum absolute atomic E-state index is 0.278. The minimum atomic E-state index is -0.766. The van der Waals surface area contributed by atoms with Crippen molar-refractivity contribution < 1.29 is 9.90 Å². The van der Waals surface area contributed by atoms with Crippen molar-refractivity contribution in [1.29, 1.82) is 0 Å². The molecular weight excluding hydrogens is 266 g/mol. The highest BCUT2D eigenvalue weighted by atomic mass is 16.3. The summed E-state index contributed by atoms with van der Waals surface area (Å²) in [6.45, 7) is 0.278. The number of para-hydroxylation sites is 2. The van der Waals surface area contributed by atoms with Crippen LogP contribution in [-0.2, 0) is 0 Å². The van der Waals surface area contributed by atoms with Crippen molar-refractivity contribution in [2.24, 2.45) is 0 Å². The number of aromatic nitrogens is 2. The Labute approximate surface area is 123 Å². The van der Waals surface area contributed by atoms with Crippen molar-refractivity contribution in [2.45, 2.75) is 37.7 Å². The molecule has 1 aromatic heterocycles. The molecule has 1 amide bonds. The molecular formula is C16H19N3O2. The second kappa shape index (κ2) is 5.77. The van der Waals surface area contributed by atoms with Gasteiger partial charge in [-0.15, -0.1) is 0 Å². The van der Waals surface area contributed by atoms with Crippen LogP contribution in [0.5, 0.6) is 0 Å². The SMILES string of the molecule is O=C(NCC1(O)CCCCC1)c1cnc2ccccc2n1. The molecule has 1 aromatic carbocycles. The first-order valence-electron chi connectivity index (χ1n) is 7.39. The van der Waals surface area contributed by atoms with Gasteiger partial charge in [0.25, 0.3) is 5.91 Å². The minimum Gasteiger partial charge on any atom is -0.388 e. The van der Waals surface area contributed by atoms with Crippen LogP contribution in [0.15, 0.2) is 30.5 Å². The number of hydrogen-bond donors (Lipinski definition) is 2. The van der Waals surface area contributed by atoms with Crippen LogP contribution in [0, 0.1) is 0 Å². The molecule has 0 spiro atoms. The first kappa shape index (κ1) is 13.9. The fourth-order valence-electron chi connectivity index (χ4n) is 2.79. The first-order chi connectivity index (χ1) is 10.2. The molecule has 0 bridgehead atoms. The summed E-state index contributed by atoms with van der Waals surface area (Å²) in [6.07, 6.45) is 6.16. The maximum Gasteiger partial charge on any atom is 0.271 e.